The van der Waals surface area contributed by atoms with E-state index in [4.69, 9.17) is 4.42 Å². The van der Waals surface area contributed by atoms with Crippen molar-refractivity contribution in [2.45, 2.75) is 38.6 Å². The molecule has 1 heterocycles. The smallest absolute Gasteiger partial charge is 0.251 e. The fraction of sp³-hybridized carbons (Fsp3) is 0.438. The van der Waals surface area contributed by atoms with Crippen LogP contribution in [0.5, 0.6) is 0 Å². The molecule has 2 aromatic rings. The number of hydrogen-bond acceptors (Lipinski definition) is 4. The van der Waals surface area contributed by atoms with Gasteiger partial charge in [-0.05, 0) is 43.0 Å². The normalized spacial score (nSPS) is 22.0. The predicted molar refractivity (Wildman–Crippen MR) is 78.6 cm³/mol. The minimum atomic E-state index is -0.00849. The summed E-state index contributed by atoms with van der Waals surface area (Å²) in [6.45, 7) is 2.21. The molecule has 0 unspecified atom stereocenters. The van der Waals surface area contributed by atoms with Crippen molar-refractivity contribution in [2.24, 2.45) is 5.92 Å². The lowest BCUT2D eigenvalue weighted by molar-refractivity contribution is 0.0910. The van der Waals surface area contributed by atoms with Crippen LogP contribution in [0.1, 0.15) is 43.0 Å². The zero-order valence-electron chi connectivity index (χ0n) is 12.1. The topological polar surface area (TPSA) is 68.0 Å². The number of amides is 1. The number of benzene rings is 1. The first-order valence-corrected chi connectivity index (χ1v) is 7.41. The molecule has 1 aliphatic carbocycles. The Hall–Kier alpha value is -2.17. The fourth-order valence-electron chi connectivity index (χ4n) is 2.85. The van der Waals surface area contributed by atoms with Crippen LogP contribution in [-0.2, 0) is 0 Å². The molecule has 0 saturated heterocycles. The van der Waals surface area contributed by atoms with Gasteiger partial charge in [-0.3, -0.25) is 4.79 Å². The summed E-state index contributed by atoms with van der Waals surface area (Å²) >= 11 is 0. The Kier molecular flexibility index (Phi) is 3.99. The third-order valence-corrected chi connectivity index (χ3v) is 4.18. The van der Waals surface area contributed by atoms with Crippen molar-refractivity contribution in [3.63, 3.8) is 0 Å². The van der Waals surface area contributed by atoms with Gasteiger partial charge in [0, 0.05) is 17.2 Å². The maximum absolute atomic E-state index is 12.3. The van der Waals surface area contributed by atoms with E-state index in [1.54, 1.807) is 12.1 Å². The SMILES string of the molecule is C[C@@H]1CCCC[C@H]1NC(=O)c1ccc(-c2nnco2)cc1. The van der Waals surface area contributed by atoms with Gasteiger partial charge >= 0.3 is 0 Å². The lowest BCUT2D eigenvalue weighted by Gasteiger charge is -2.29. The number of aromatic nitrogens is 2. The van der Waals surface area contributed by atoms with Crippen LogP contribution in [0.2, 0.25) is 0 Å². The minimum Gasteiger partial charge on any atom is -0.423 e. The van der Waals surface area contributed by atoms with Crippen molar-refractivity contribution < 1.29 is 9.21 Å². The first kappa shape index (κ1) is 13.8. The highest BCUT2D eigenvalue weighted by molar-refractivity contribution is 5.94. The number of nitrogens with zero attached hydrogens (tertiary/aromatic N) is 2. The van der Waals surface area contributed by atoms with Gasteiger partial charge < -0.3 is 9.73 Å². The van der Waals surface area contributed by atoms with Crippen molar-refractivity contribution in [1.29, 1.82) is 0 Å². The van der Waals surface area contributed by atoms with E-state index in [0.717, 1.165) is 12.0 Å². The first-order chi connectivity index (χ1) is 10.2. The second-order valence-corrected chi connectivity index (χ2v) is 5.66. The number of carbonyl (C=O) groups is 1. The molecule has 21 heavy (non-hydrogen) atoms. The predicted octanol–water partition coefficient (Wildman–Crippen LogP) is 3.05. The van der Waals surface area contributed by atoms with E-state index < -0.39 is 0 Å². The van der Waals surface area contributed by atoms with Crippen molar-refractivity contribution in [3.8, 4) is 11.5 Å². The Balaban J connectivity index is 1.67. The van der Waals surface area contributed by atoms with Crippen molar-refractivity contribution in [3.05, 3.63) is 36.2 Å². The number of nitrogens with one attached hydrogen (secondary N) is 1. The quantitative estimate of drug-likeness (QED) is 0.941. The van der Waals surface area contributed by atoms with Gasteiger partial charge in [0.05, 0.1) is 0 Å². The Morgan fingerprint density at radius 1 is 1.24 bits per heavy atom. The van der Waals surface area contributed by atoms with Gasteiger partial charge in [0.1, 0.15) is 0 Å². The first-order valence-electron chi connectivity index (χ1n) is 7.41. The standard InChI is InChI=1S/C16H19N3O2/c1-11-4-2-3-5-14(11)18-15(20)12-6-8-13(9-7-12)16-19-17-10-21-16/h6-11,14H,2-5H2,1H3,(H,18,20)/t11-,14-/m1/s1. The molecule has 2 atom stereocenters. The van der Waals surface area contributed by atoms with Gasteiger partial charge in [0.25, 0.3) is 5.91 Å². The lowest BCUT2D eigenvalue weighted by atomic mass is 9.86. The van der Waals surface area contributed by atoms with Crippen LogP contribution in [0.3, 0.4) is 0 Å². The van der Waals surface area contributed by atoms with Gasteiger partial charge in [-0.2, -0.15) is 0 Å². The lowest BCUT2D eigenvalue weighted by Crippen LogP contribution is -2.41. The van der Waals surface area contributed by atoms with Gasteiger partial charge in [0.2, 0.25) is 12.3 Å². The summed E-state index contributed by atoms with van der Waals surface area (Å²) in [5.74, 6) is 1.01. The van der Waals surface area contributed by atoms with Crippen LogP contribution >= 0.6 is 0 Å². The molecule has 0 aliphatic heterocycles. The molecule has 1 saturated carbocycles. The maximum Gasteiger partial charge on any atom is 0.251 e. The van der Waals surface area contributed by atoms with E-state index >= 15 is 0 Å². The third kappa shape index (κ3) is 3.12. The highest BCUT2D eigenvalue weighted by Gasteiger charge is 2.23. The molecule has 1 aromatic carbocycles. The number of carbonyl (C=O) groups excluding carboxylic acids is 1. The van der Waals surface area contributed by atoms with Crippen LogP contribution in [0.25, 0.3) is 11.5 Å². The average molecular weight is 285 g/mol. The Bertz CT molecular complexity index is 592. The Morgan fingerprint density at radius 2 is 2.00 bits per heavy atom. The minimum absolute atomic E-state index is 0.00849. The van der Waals surface area contributed by atoms with Gasteiger partial charge in [-0.1, -0.05) is 19.8 Å². The molecule has 5 nitrogen and oxygen atoms in total. The van der Waals surface area contributed by atoms with Gasteiger partial charge in [-0.25, -0.2) is 0 Å². The molecule has 1 fully saturated rings. The van der Waals surface area contributed by atoms with E-state index in [0.29, 0.717) is 23.4 Å². The molecular formula is C16H19N3O2. The Morgan fingerprint density at radius 3 is 2.67 bits per heavy atom. The molecule has 1 N–H and O–H groups in total. The van der Waals surface area contributed by atoms with Crippen LogP contribution in [0, 0.1) is 5.92 Å². The highest BCUT2D eigenvalue weighted by Crippen LogP contribution is 2.24. The monoisotopic (exact) mass is 285 g/mol. The summed E-state index contributed by atoms with van der Waals surface area (Å²) in [6, 6.07) is 7.53. The molecule has 0 radical (unpaired) electrons. The second kappa shape index (κ2) is 6.08. The molecule has 3 rings (SSSR count). The molecule has 5 heteroatoms. The molecule has 0 bridgehead atoms. The van der Waals surface area contributed by atoms with E-state index in [2.05, 4.69) is 22.4 Å². The molecule has 110 valence electrons. The summed E-state index contributed by atoms with van der Waals surface area (Å²) in [5.41, 5.74) is 1.48. The Labute approximate surface area is 123 Å². The summed E-state index contributed by atoms with van der Waals surface area (Å²) in [4.78, 5) is 12.3. The van der Waals surface area contributed by atoms with Crippen molar-refractivity contribution >= 4 is 5.91 Å². The van der Waals surface area contributed by atoms with Crippen LogP contribution in [0.4, 0.5) is 0 Å². The zero-order chi connectivity index (χ0) is 14.7. The molecule has 0 spiro atoms. The fourth-order valence-corrected chi connectivity index (χ4v) is 2.85. The van der Waals surface area contributed by atoms with E-state index in [1.807, 2.05) is 12.1 Å². The summed E-state index contributed by atoms with van der Waals surface area (Å²) < 4.78 is 5.13. The zero-order valence-corrected chi connectivity index (χ0v) is 12.1. The van der Waals surface area contributed by atoms with Crippen molar-refractivity contribution in [2.75, 3.05) is 0 Å². The molecular weight excluding hydrogens is 266 g/mol. The molecule has 1 aromatic heterocycles. The highest BCUT2D eigenvalue weighted by atomic mass is 16.4. The average Bonchev–Trinajstić information content (AvgIpc) is 3.04. The third-order valence-electron chi connectivity index (χ3n) is 4.18. The van der Waals surface area contributed by atoms with Gasteiger partial charge in [-0.15, -0.1) is 10.2 Å². The van der Waals surface area contributed by atoms with E-state index in [-0.39, 0.29) is 5.91 Å². The molecule has 1 amide bonds. The van der Waals surface area contributed by atoms with Gasteiger partial charge in [0.15, 0.2) is 0 Å². The van der Waals surface area contributed by atoms with E-state index in [9.17, 15) is 4.79 Å². The summed E-state index contributed by atoms with van der Waals surface area (Å²) in [6.07, 6.45) is 6.03. The second-order valence-electron chi connectivity index (χ2n) is 5.66. The van der Waals surface area contributed by atoms with Crippen molar-refractivity contribution in [1.82, 2.24) is 15.5 Å². The molecule has 1 aliphatic rings. The maximum atomic E-state index is 12.3. The van der Waals surface area contributed by atoms with Crippen LogP contribution in [-0.4, -0.2) is 22.1 Å². The number of hydrogen-bond donors (Lipinski definition) is 1. The summed E-state index contributed by atoms with van der Waals surface area (Å²) in [5, 5.41) is 10.6. The summed E-state index contributed by atoms with van der Waals surface area (Å²) in [7, 11) is 0. The van der Waals surface area contributed by atoms with Crippen LogP contribution < -0.4 is 5.32 Å². The van der Waals surface area contributed by atoms with E-state index in [1.165, 1.54) is 25.7 Å². The number of rotatable bonds is 3. The van der Waals surface area contributed by atoms with Crippen LogP contribution in [0.15, 0.2) is 35.1 Å². The largest absolute Gasteiger partial charge is 0.423 e.